The minimum atomic E-state index is -3.50. The van der Waals surface area contributed by atoms with Gasteiger partial charge in [-0.2, -0.15) is 0 Å². The first-order chi connectivity index (χ1) is 7.99. The fourth-order valence-corrected chi connectivity index (χ4v) is 3.67. The molecular formula is C10H17NO4S2. The van der Waals surface area contributed by atoms with Crippen LogP contribution in [0.2, 0.25) is 0 Å². The normalized spacial score (nSPS) is 13.8. The summed E-state index contributed by atoms with van der Waals surface area (Å²) in [5, 5.41) is 10.5. The summed E-state index contributed by atoms with van der Waals surface area (Å²) in [6, 6.07) is 1.19. The van der Waals surface area contributed by atoms with Crippen LogP contribution in [0.25, 0.3) is 0 Å². The molecule has 98 valence electrons. The van der Waals surface area contributed by atoms with E-state index in [4.69, 9.17) is 9.84 Å². The van der Waals surface area contributed by atoms with E-state index < -0.39 is 10.0 Å². The van der Waals surface area contributed by atoms with Crippen LogP contribution in [0.3, 0.4) is 0 Å². The number of thiophene rings is 1. The molecule has 0 saturated heterocycles. The molecule has 0 aliphatic carbocycles. The van der Waals surface area contributed by atoms with Crippen LogP contribution in [0, 0.1) is 0 Å². The zero-order valence-corrected chi connectivity index (χ0v) is 11.5. The van der Waals surface area contributed by atoms with E-state index in [1.807, 2.05) is 6.92 Å². The van der Waals surface area contributed by atoms with Gasteiger partial charge in [0.1, 0.15) is 4.21 Å². The topological polar surface area (TPSA) is 75.6 Å². The third kappa shape index (κ3) is 4.36. The summed E-state index contributed by atoms with van der Waals surface area (Å²) in [4.78, 5) is 0. The number of aliphatic hydroxyl groups is 1. The summed E-state index contributed by atoms with van der Waals surface area (Å²) >= 11 is 1.10. The molecule has 1 aromatic heterocycles. The Morgan fingerprint density at radius 2 is 2.29 bits per heavy atom. The first-order valence-corrected chi connectivity index (χ1v) is 7.64. The lowest BCUT2D eigenvalue weighted by Crippen LogP contribution is -2.35. The Bertz CT molecular complexity index is 441. The van der Waals surface area contributed by atoms with Crippen LogP contribution < -0.4 is 4.72 Å². The highest BCUT2D eigenvalue weighted by atomic mass is 32.2. The number of aliphatic hydroxyl groups excluding tert-OH is 1. The lowest BCUT2D eigenvalue weighted by molar-refractivity contribution is 0.133. The molecule has 5 nitrogen and oxygen atoms in total. The Morgan fingerprint density at radius 1 is 1.59 bits per heavy atom. The molecule has 2 N–H and O–H groups in total. The average molecular weight is 279 g/mol. The summed E-state index contributed by atoms with van der Waals surface area (Å²) in [6.45, 7) is 4.34. The van der Waals surface area contributed by atoms with Crippen LogP contribution in [0.4, 0.5) is 0 Å². The molecule has 17 heavy (non-hydrogen) atoms. The maximum absolute atomic E-state index is 11.9. The summed E-state index contributed by atoms with van der Waals surface area (Å²) in [5.41, 5.74) is 0.604. The lowest BCUT2D eigenvalue weighted by Gasteiger charge is -2.12. The maximum Gasteiger partial charge on any atom is 0.250 e. The van der Waals surface area contributed by atoms with E-state index in [1.165, 1.54) is 6.07 Å². The van der Waals surface area contributed by atoms with E-state index in [0.29, 0.717) is 18.8 Å². The van der Waals surface area contributed by atoms with E-state index >= 15 is 0 Å². The lowest BCUT2D eigenvalue weighted by atomic mass is 10.4. The molecule has 1 rings (SSSR count). The van der Waals surface area contributed by atoms with Crippen molar-refractivity contribution in [2.75, 3.05) is 13.2 Å². The highest BCUT2D eigenvalue weighted by Crippen LogP contribution is 2.20. The molecule has 7 heteroatoms. The molecule has 0 amide bonds. The largest absolute Gasteiger partial charge is 0.392 e. The second kappa shape index (κ2) is 6.46. The molecule has 0 radical (unpaired) electrons. The maximum atomic E-state index is 11.9. The first-order valence-electron chi connectivity index (χ1n) is 5.28. The Morgan fingerprint density at radius 3 is 2.82 bits per heavy atom. The summed E-state index contributed by atoms with van der Waals surface area (Å²) in [6.07, 6.45) is 0. The van der Waals surface area contributed by atoms with Gasteiger partial charge in [0, 0.05) is 12.6 Å². The number of sulfonamides is 1. The van der Waals surface area contributed by atoms with Gasteiger partial charge in [0.2, 0.25) is 10.0 Å². The number of ether oxygens (including phenoxy) is 1. The Labute approximate surface area is 105 Å². The van der Waals surface area contributed by atoms with E-state index in [0.717, 1.165) is 11.3 Å². The van der Waals surface area contributed by atoms with Crippen LogP contribution in [0.1, 0.15) is 19.4 Å². The third-order valence-electron chi connectivity index (χ3n) is 2.01. The van der Waals surface area contributed by atoms with Crippen LogP contribution >= 0.6 is 11.3 Å². The van der Waals surface area contributed by atoms with Gasteiger partial charge in [0.15, 0.2) is 0 Å². The van der Waals surface area contributed by atoms with Crippen molar-refractivity contribution in [3.8, 4) is 0 Å². The van der Waals surface area contributed by atoms with Crippen molar-refractivity contribution in [2.24, 2.45) is 0 Å². The Hall–Kier alpha value is -0.470. The van der Waals surface area contributed by atoms with Gasteiger partial charge in [0.05, 0.1) is 13.2 Å². The molecule has 0 spiro atoms. The monoisotopic (exact) mass is 279 g/mol. The molecule has 0 aliphatic rings. The van der Waals surface area contributed by atoms with E-state index in [2.05, 4.69) is 4.72 Å². The highest BCUT2D eigenvalue weighted by Gasteiger charge is 2.19. The molecule has 1 atom stereocenters. The van der Waals surface area contributed by atoms with Crippen LogP contribution in [-0.4, -0.2) is 32.8 Å². The third-order valence-corrected chi connectivity index (χ3v) is 5.08. The Kier molecular flexibility index (Phi) is 5.54. The standard InChI is InChI=1S/C10H17NO4S2/c1-3-15-6-8(2)11-17(13,14)10-4-9(5-12)7-16-10/h4,7-8,11-12H,3,5-6H2,1-2H3. The van der Waals surface area contributed by atoms with Crippen LogP contribution in [0.5, 0.6) is 0 Å². The summed E-state index contributed by atoms with van der Waals surface area (Å²) < 4.78 is 31.7. The van der Waals surface area contributed by atoms with Crippen LogP contribution in [-0.2, 0) is 21.4 Å². The Balaban J connectivity index is 2.68. The summed E-state index contributed by atoms with van der Waals surface area (Å²) in [5.74, 6) is 0. The summed E-state index contributed by atoms with van der Waals surface area (Å²) in [7, 11) is -3.50. The van der Waals surface area contributed by atoms with Crippen molar-refractivity contribution in [3.63, 3.8) is 0 Å². The van der Waals surface area contributed by atoms with Gasteiger partial charge in [-0.05, 0) is 30.9 Å². The molecule has 0 bridgehead atoms. The second-order valence-electron chi connectivity index (χ2n) is 3.61. The van der Waals surface area contributed by atoms with Gasteiger partial charge in [-0.15, -0.1) is 11.3 Å². The number of rotatable bonds is 7. The molecule has 0 aliphatic heterocycles. The minimum absolute atomic E-state index is 0.152. The number of hydrogen-bond donors (Lipinski definition) is 2. The van der Waals surface area contributed by atoms with Crippen molar-refractivity contribution >= 4 is 21.4 Å². The number of hydrogen-bond acceptors (Lipinski definition) is 5. The van der Waals surface area contributed by atoms with Gasteiger partial charge in [-0.3, -0.25) is 0 Å². The van der Waals surface area contributed by atoms with Crippen molar-refractivity contribution < 1.29 is 18.3 Å². The first kappa shape index (κ1) is 14.6. The van der Waals surface area contributed by atoms with Crippen molar-refractivity contribution in [1.29, 1.82) is 0 Å². The average Bonchev–Trinajstić information content (AvgIpc) is 2.75. The number of nitrogens with one attached hydrogen (secondary N) is 1. The molecule has 0 fully saturated rings. The predicted molar refractivity (Wildman–Crippen MR) is 66.5 cm³/mol. The molecule has 0 aromatic carbocycles. The van der Waals surface area contributed by atoms with Gasteiger partial charge in [-0.25, -0.2) is 13.1 Å². The minimum Gasteiger partial charge on any atom is -0.392 e. The van der Waals surface area contributed by atoms with Crippen LogP contribution in [0.15, 0.2) is 15.7 Å². The molecule has 0 saturated carbocycles. The van der Waals surface area contributed by atoms with E-state index in [9.17, 15) is 8.42 Å². The van der Waals surface area contributed by atoms with Crippen molar-refractivity contribution in [3.05, 3.63) is 17.0 Å². The molecule has 1 aromatic rings. The smallest absolute Gasteiger partial charge is 0.250 e. The van der Waals surface area contributed by atoms with E-state index in [-0.39, 0.29) is 16.9 Å². The molecule has 1 unspecified atom stereocenters. The fourth-order valence-electron chi connectivity index (χ4n) is 1.23. The fraction of sp³-hybridized carbons (Fsp3) is 0.600. The highest BCUT2D eigenvalue weighted by molar-refractivity contribution is 7.91. The van der Waals surface area contributed by atoms with Crippen molar-refractivity contribution in [1.82, 2.24) is 4.72 Å². The molecular weight excluding hydrogens is 262 g/mol. The van der Waals surface area contributed by atoms with Gasteiger partial charge in [0.25, 0.3) is 0 Å². The van der Waals surface area contributed by atoms with Gasteiger partial charge in [-0.1, -0.05) is 0 Å². The zero-order chi connectivity index (χ0) is 12.9. The van der Waals surface area contributed by atoms with Gasteiger partial charge < -0.3 is 9.84 Å². The second-order valence-corrected chi connectivity index (χ2v) is 6.47. The quantitative estimate of drug-likeness (QED) is 0.779. The SMILES string of the molecule is CCOCC(C)NS(=O)(=O)c1cc(CO)cs1. The predicted octanol–water partition coefficient (Wildman–Crippen LogP) is 0.944. The van der Waals surface area contributed by atoms with Crippen molar-refractivity contribution in [2.45, 2.75) is 30.7 Å². The van der Waals surface area contributed by atoms with E-state index in [1.54, 1.807) is 12.3 Å². The zero-order valence-electron chi connectivity index (χ0n) is 9.84. The van der Waals surface area contributed by atoms with Gasteiger partial charge >= 0.3 is 0 Å². The molecule has 1 heterocycles.